The van der Waals surface area contributed by atoms with Crippen LogP contribution in [0.25, 0.3) is 6.08 Å². The average Bonchev–Trinajstić information content (AvgIpc) is 2.76. The van der Waals surface area contributed by atoms with Crippen molar-refractivity contribution >= 4 is 35.2 Å². The van der Waals surface area contributed by atoms with Gasteiger partial charge in [-0.05, 0) is 38.1 Å². The van der Waals surface area contributed by atoms with Gasteiger partial charge in [0, 0.05) is 29.4 Å². The van der Waals surface area contributed by atoms with E-state index in [1.54, 1.807) is 29.0 Å². The van der Waals surface area contributed by atoms with Crippen molar-refractivity contribution in [2.24, 2.45) is 7.05 Å². The summed E-state index contributed by atoms with van der Waals surface area (Å²) in [7, 11) is 1.86. The van der Waals surface area contributed by atoms with Crippen LogP contribution >= 0.6 is 23.2 Å². The molecule has 0 aliphatic rings. The molecule has 5 nitrogen and oxygen atoms in total. The molecule has 2 rings (SSSR count). The molecule has 0 atom stereocenters. The minimum Gasteiger partial charge on any atom is -0.488 e. The Balaban J connectivity index is 1.80. The summed E-state index contributed by atoms with van der Waals surface area (Å²) in [6.07, 6.45) is 3.09. The highest BCUT2D eigenvalue weighted by atomic mass is 35.5. The number of halogens is 2. The summed E-state index contributed by atoms with van der Waals surface area (Å²) in [6, 6.07) is 4.93. The Morgan fingerprint density at radius 2 is 2.04 bits per heavy atom. The predicted octanol–water partition coefficient (Wildman–Crippen LogP) is 3.98. The van der Waals surface area contributed by atoms with E-state index in [9.17, 15) is 4.79 Å². The number of aromatic nitrogens is 2. The van der Waals surface area contributed by atoms with Gasteiger partial charge in [0.1, 0.15) is 19.0 Å². The Morgan fingerprint density at radius 3 is 2.67 bits per heavy atom. The van der Waals surface area contributed by atoms with Crippen LogP contribution in [0, 0.1) is 13.8 Å². The molecule has 0 saturated carbocycles. The zero-order valence-electron chi connectivity index (χ0n) is 13.7. The van der Waals surface area contributed by atoms with Crippen molar-refractivity contribution in [2.45, 2.75) is 13.8 Å². The van der Waals surface area contributed by atoms with Gasteiger partial charge in [-0.2, -0.15) is 5.10 Å². The van der Waals surface area contributed by atoms with Crippen LogP contribution in [-0.2, 0) is 16.6 Å². The maximum Gasteiger partial charge on any atom is 0.330 e. The van der Waals surface area contributed by atoms with Gasteiger partial charge in [-0.25, -0.2) is 4.79 Å². The average molecular weight is 369 g/mol. The van der Waals surface area contributed by atoms with E-state index in [-0.39, 0.29) is 13.2 Å². The molecule has 128 valence electrons. The molecule has 0 spiro atoms. The first-order chi connectivity index (χ1) is 11.4. The summed E-state index contributed by atoms with van der Waals surface area (Å²) in [5, 5.41) is 5.23. The zero-order valence-corrected chi connectivity index (χ0v) is 15.2. The molecule has 0 amide bonds. The zero-order chi connectivity index (χ0) is 17.7. The van der Waals surface area contributed by atoms with Crippen molar-refractivity contribution in [3.63, 3.8) is 0 Å². The highest BCUT2D eigenvalue weighted by Gasteiger charge is 2.07. The van der Waals surface area contributed by atoms with Crippen molar-refractivity contribution in [3.8, 4) is 5.75 Å². The molecule has 0 aliphatic carbocycles. The van der Waals surface area contributed by atoms with Crippen molar-refractivity contribution in [2.75, 3.05) is 13.2 Å². The van der Waals surface area contributed by atoms with Gasteiger partial charge in [-0.15, -0.1) is 0 Å². The number of benzene rings is 1. The van der Waals surface area contributed by atoms with E-state index in [4.69, 9.17) is 32.7 Å². The van der Waals surface area contributed by atoms with E-state index < -0.39 is 5.97 Å². The minimum atomic E-state index is -0.441. The lowest BCUT2D eigenvalue weighted by atomic mass is 10.2. The quantitative estimate of drug-likeness (QED) is 0.439. The third-order valence-electron chi connectivity index (χ3n) is 3.43. The maximum atomic E-state index is 11.7. The summed E-state index contributed by atoms with van der Waals surface area (Å²) >= 11 is 11.8. The summed E-state index contributed by atoms with van der Waals surface area (Å²) < 4.78 is 12.3. The molecule has 0 radical (unpaired) electrons. The number of hydrogen-bond donors (Lipinski definition) is 0. The van der Waals surface area contributed by atoms with Gasteiger partial charge in [-0.3, -0.25) is 4.68 Å². The van der Waals surface area contributed by atoms with Crippen molar-refractivity contribution in [1.29, 1.82) is 0 Å². The minimum absolute atomic E-state index is 0.118. The lowest BCUT2D eigenvalue weighted by Gasteiger charge is -2.08. The summed E-state index contributed by atoms with van der Waals surface area (Å²) in [6.45, 7) is 4.15. The van der Waals surface area contributed by atoms with Crippen LogP contribution in [0.15, 0.2) is 24.3 Å². The highest BCUT2D eigenvalue weighted by molar-refractivity contribution is 6.35. The Kier molecular flexibility index (Phi) is 6.29. The third-order valence-corrected chi connectivity index (χ3v) is 3.96. The van der Waals surface area contributed by atoms with Crippen LogP contribution in [0.4, 0.5) is 0 Å². The lowest BCUT2D eigenvalue weighted by molar-refractivity contribution is -0.138. The first-order valence-corrected chi connectivity index (χ1v) is 8.07. The highest BCUT2D eigenvalue weighted by Crippen LogP contribution is 2.27. The standard InChI is InChI=1S/C17H18Cl2N2O3/c1-11-14(12(2)21(3)20-11)5-7-17(22)24-9-8-23-16-6-4-13(18)10-15(16)19/h4-7,10H,8-9H2,1-3H3/b7-5+. The van der Waals surface area contributed by atoms with Gasteiger partial charge in [0.15, 0.2) is 0 Å². The van der Waals surface area contributed by atoms with Gasteiger partial charge in [-0.1, -0.05) is 23.2 Å². The fraction of sp³-hybridized carbons (Fsp3) is 0.294. The molecule has 0 saturated heterocycles. The number of ether oxygens (including phenoxy) is 2. The normalized spacial score (nSPS) is 11.0. The molecule has 7 heteroatoms. The lowest BCUT2D eigenvalue weighted by Crippen LogP contribution is -2.10. The fourth-order valence-electron chi connectivity index (χ4n) is 2.12. The van der Waals surface area contributed by atoms with Crippen molar-refractivity contribution in [3.05, 3.63) is 51.3 Å². The summed E-state index contributed by atoms with van der Waals surface area (Å²) in [5.41, 5.74) is 2.76. The Hall–Kier alpha value is -1.98. The van der Waals surface area contributed by atoms with Crippen molar-refractivity contribution in [1.82, 2.24) is 9.78 Å². The monoisotopic (exact) mass is 368 g/mol. The van der Waals surface area contributed by atoms with E-state index in [2.05, 4.69) is 5.10 Å². The van der Waals surface area contributed by atoms with Crippen LogP contribution < -0.4 is 4.74 Å². The molecule has 0 aliphatic heterocycles. The first kappa shape index (κ1) is 18.4. The van der Waals surface area contributed by atoms with E-state index in [1.165, 1.54) is 6.08 Å². The molecule has 0 bridgehead atoms. The second-order valence-electron chi connectivity index (χ2n) is 5.13. The van der Waals surface area contributed by atoms with Gasteiger partial charge >= 0.3 is 5.97 Å². The number of nitrogens with zero attached hydrogens (tertiary/aromatic N) is 2. The fourth-order valence-corrected chi connectivity index (χ4v) is 2.58. The van der Waals surface area contributed by atoms with E-state index in [1.807, 2.05) is 20.9 Å². The SMILES string of the molecule is Cc1nn(C)c(C)c1/C=C/C(=O)OCCOc1ccc(Cl)cc1Cl. The van der Waals surface area contributed by atoms with Crippen LogP contribution in [0.1, 0.15) is 17.0 Å². The number of carbonyl (C=O) groups excluding carboxylic acids is 1. The van der Waals surface area contributed by atoms with Crippen molar-refractivity contribution < 1.29 is 14.3 Å². The Morgan fingerprint density at radius 1 is 1.29 bits per heavy atom. The molecule has 0 unspecified atom stereocenters. The summed E-state index contributed by atoms with van der Waals surface area (Å²) in [5.74, 6) is 0.0534. The Bertz CT molecular complexity index is 769. The van der Waals surface area contributed by atoms with Crippen LogP contribution in [0.2, 0.25) is 10.0 Å². The second-order valence-corrected chi connectivity index (χ2v) is 5.98. The number of hydrogen-bond acceptors (Lipinski definition) is 4. The van der Waals surface area contributed by atoms with Gasteiger partial charge in [0.2, 0.25) is 0 Å². The molecular formula is C17H18Cl2N2O3. The topological polar surface area (TPSA) is 53.4 Å². The second kappa shape index (κ2) is 8.22. The van der Waals surface area contributed by atoms with Crippen LogP contribution in [0.5, 0.6) is 5.75 Å². The Labute approximate surface area is 150 Å². The van der Waals surface area contributed by atoms with Gasteiger partial charge in [0.05, 0.1) is 10.7 Å². The van der Waals surface area contributed by atoms with E-state index in [0.717, 1.165) is 17.0 Å². The number of esters is 1. The third kappa shape index (κ3) is 4.76. The molecule has 0 N–H and O–H groups in total. The van der Waals surface area contributed by atoms with E-state index in [0.29, 0.717) is 15.8 Å². The number of rotatable bonds is 6. The maximum absolute atomic E-state index is 11.7. The molecule has 1 heterocycles. The summed E-state index contributed by atoms with van der Waals surface area (Å²) in [4.78, 5) is 11.7. The largest absolute Gasteiger partial charge is 0.488 e. The number of aryl methyl sites for hydroxylation is 2. The van der Waals surface area contributed by atoms with Crippen LogP contribution in [-0.4, -0.2) is 29.0 Å². The van der Waals surface area contributed by atoms with Gasteiger partial charge in [0.25, 0.3) is 0 Å². The predicted molar refractivity (Wildman–Crippen MR) is 94.6 cm³/mol. The van der Waals surface area contributed by atoms with E-state index >= 15 is 0 Å². The molecule has 2 aromatic rings. The number of carbonyl (C=O) groups is 1. The smallest absolute Gasteiger partial charge is 0.330 e. The molecule has 1 aromatic carbocycles. The first-order valence-electron chi connectivity index (χ1n) is 7.31. The van der Waals surface area contributed by atoms with Crippen LogP contribution in [0.3, 0.4) is 0 Å². The molecular weight excluding hydrogens is 351 g/mol. The van der Waals surface area contributed by atoms with Gasteiger partial charge < -0.3 is 9.47 Å². The molecule has 24 heavy (non-hydrogen) atoms. The molecule has 0 fully saturated rings. The molecule has 1 aromatic heterocycles.